The maximum Gasteiger partial charge on any atom is 0.0992 e. The second-order valence-corrected chi connectivity index (χ2v) is 5.29. The molecule has 0 unspecified atom stereocenters. The lowest BCUT2D eigenvalue weighted by Crippen LogP contribution is -2.08. The van der Waals surface area contributed by atoms with Gasteiger partial charge < -0.3 is 9.88 Å². The van der Waals surface area contributed by atoms with Crippen molar-refractivity contribution in [2.45, 2.75) is 25.7 Å². The average Bonchev–Trinajstić information content (AvgIpc) is 3.29. The van der Waals surface area contributed by atoms with Gasteiger partial charge in [-0.2, -0.15) is 5.26 Å². The van der Waals surface area contributed by atoms with E-state index < -0.39 is 0 Å². The zero-order chi connectivity index (χ0) is 15.8. The van der Waals surface area contributed by atoms with E-state index in [1.165, 1.54) is 23.8 Å². The number of aromatic nitrogens is 1. The van der Waals surface area contributed by atoms with Crippen LogP contribution in [0.2, 0.25) is 0 Å². The maximum absolute atomic E-state index is 8.76. The van der Waals surface area contributed by atoms with Crippen LogP contribution in [0, 0.1) is 24.2 Å². The summed E-state index contributed by atoms with van der Waals surface area (Å²) in [6.07, 6.45) is 12.7. The largest absolute Gasteiger partial charge is 0.361 e. The molecule has 1 saturated carbocycles. The first kappa shape index (κ1) is 16.8. The van der Waals surface area contributed by atoms with Crippen molar-refractivity contribution in [3.8, 4) is 18.9 Å². The van der Waals surface area contributed by atoms with Crippen molar-refractivity contribution in [1.82, 2.24) is 9.88 Å². The van der Waals surface area contributed by atoms with Crippen LogP contribution < -0.4 is 0 Å². The van der Waals surface area contributed by atoms with E-state index in [0.29, 0.717) is 0 Å². The highest BCUT2D eigenvalue weighted by atomic mass is 15.0. The lowest BCUT2D eigenvalue weighted by molar-refractivity contribution is 0.434. The Labute approximate surface area is 127 Å². The molecule has 3 nitrogen and oxygen atoms in total. The smallest absolute Gasteiger partial charge is 0.0992 e. The van der Waals surface area contributed by atoms with Gasteiger partial charge in [0.1, 0.15) is 0 Å². The van der Waals surface area contributed by atoms with Crippen molar-refractivity contribution in [2.24, 2.45) is 0 Å². The lowest BCUT2D eigenvalue weighted by atomic mass is 10.1. The van der Waals surface area contributed by atoms with E-state index in [-0.39, 0.29) is 0 Å². The van der Waals surface area contributed by atoms with E-state index in [4.69, 9.17) is 5.26 Å². The third-order valence-corrected chi connectivity index (χ3v) is 3.49. The molecule has 1 aromatic heterocycles. The highest BCUT2D eigenvalue weighted by molar-refractivity contribution is 5.85. The zero-order valence-electron chi connectivity index (χ0n) is 13.1. The summed E-state index contributed by atoms with van der Waals surface area (Å²) in [6.45, 7) is 3.26. The molecule has 0 saturated heterocycles. The van der Waals surface area contributed by atoms with E-state index in [0.717, 1.165) is 23.5 Å². The topological polar surface area (TPSA) is 42.8 Å². The molecular weight excluding hydrogens is 258 g/mol. The number of hydrogen-bond donors (Lipinski definition) is 1. The Morgan fingerprint density at radius 3 is 2.43 bits per heavy atom. The number of hydrogen-bond acceptors (Lipinski definition) is 2. The molecule has 1 aliphatic carbocycles. The third kappa shape index (κ3) is 4.67. The molecule has 0 bridgehead atoms. The Hall–Kier alpha value is -2.23. The number of nitrogens with zero attached hydrogens (tertiary/aromatic N) is 2. The van der Waals surface area contributed by atoms with Crippen LogP contribution in [0.3, 0.4) is 0 Å². The normalized spacial score (nSPS) is 12.8. The fourth-order valence-electron chi connectivity index (χ4n) is 1.95. The highest BCUT2D eigenvalue weighted by Crippen LogP contribution is 2.43. The zero-order valence-corrected chi connectivity index (χ0v) is 13.1. The minimum Gasteiger partial charge on any atom is -0.361 e. The summed E-state index contributed by atoms with van der Waals surface area (Å²) < 4.78 is 0. The first-order valence-electron chi connectivity index (χ1n) is 7.15. The van der Waals surface area contributed by atoms with Crippen LogP contribution >= 0.6 is 0 Å². The van der Waals surface area contributed by atoms with Crippen LogP contribution in [0.15, 0.2) is 24.4 Å². The van der Waals surface area contributed by atoms with Gasteiger partial charge in [0.15, 0.2) is 0 Å². The molecule has 0 amide bonds. The van der Waals surface area contributed by atoms with Crippen LogP contribution in [0.25, 0.3) is 10.9 Å². The van der Waals surface area contributed by atoms with Crippen LogP contribution in [-0.2, 0) is 0 Å². The Morgan fingerprint density at radius 2 is 1.95 bits per heavy atom. The van der Waals surface area contributed by atoms with Crippen LogP contribution in [-0.4, -0.2) is 30.5 Å². The van der Waals surface area contributed by atoms with Crippen molar-refractivity contribution in [1.29, 1.82) is 5.26 Å². The number of H-pyrrole nitrogens is 1. The fourth-order valence-corrected chi connectivity index (χ4v) is 1.95. The van der Waals surface area contributed by atoms with Gasteiger partial charge in [-0.25, -0.2) is 0 Å². The third-order valence-electron chi connectivity index (χ3n) is 3.49. The van der Waals surface area contributed by atoms with Gasteiger partial charge >= 0.3 is 0 Å². The molecule has 1 heterocycles. The van der Waals surface area contributed by atoms with Gasteiger partial charge in [0.25, 0.3) is 0 Å². The molecular formula is C18H23N3. The number of nitrogens with one attached hydrogen (secondary N) is 1. The van der Waals surface area contributed by atoms with Crippen molar-refractivity contribution in [3.63, 3.8) is 0 Å². The van der Waals surface area contributed by atoms with Gasteiger partial charge in [0.2, 0.25) is 0 Å². The van der Waals surface area contributed by atoms with E-state index in [2.05, 4.69) is 62.1 Å². The van der Waals surface area contributed by atoms with E-state index in [1.807, 2.05) is 12.1 Å². The molecule has 110 valence electrons. The second-order valence-electron chi connectivity index (χ2n) is 5.29. The lowest BCUT2D eigenvalue weighted by Gasteiger charge is -2.00. The van der Waals surface area contributed by atoms with Crippen LogP contribution in [0.1, 0.15) is 36.8 Å². The Bertz CT molecular complexity index is 625. The molecule has 2 aromatic rings. The Morgan fingerprint density at radius 1 is 1.33 bits per heavy atom. The van der Waals surface area contributed by atoms with E-state index >= 15 is 0 Å². The summed E-state index contributed by atoms with van der Waals surface area (Å²) in [6, 6.07) is 8.02. The number of nitriles is 1. The molecule has 0 aliphatic heterocycles. The number of rotatable bonds is 2. The molecule has 1 aromatic carbocycles. The van der Waals surface area contributed by atoms with Gasteiger partial charge in [-0.1, -0.05) is 13.0 Å². The predicted octanol–water partition coefficient (Wildman–Crippen LogP) is 3.73. The SMILES string of the molecule is C#C.CCN(C)C.N#Cc1ccc2c(C3CC3)c[nH]c2c1. The summed E-state index contributed by atoms with van der Waals surface area (Å²) in [5, 5.41) is 10.0. The number of terminal acetylenes is 1. The molecule has 1 aliphatic rings. The fraction of sp³-hybridized carbons (Fsp3) is 0.389. The first-order chi connectivity index (χ1) is 10.2. The molecule has 0 radical (unpaired) electrons. The van der Waals surface area contributed by atoms with Crippen LogP contribution in [0.5, 0.6) is 0 Å². The summed E-state index contributed by atoms with van der Waals surface area (Å²) in [4.78, 5) is 5.36. The molecule has 21 heavy (non-hydrogen) atoms. The second kappa shape index (κ2) is 8.15. The van der Waals surface area contributed by atoms with E-state index in [9.17, 15) is 0 Å². The molecule has 0 spiro atoms. The van der Waals surface area contributed by atoms with Gasteiger partial charge in [-0.15, -0.1) is 12.8 Å². The molecule has 1 N–H and O–H groups in total. The molecule has 3 rings (SSSR count). The van der Waals surface area contributed by atoms with Crippen molar-refractivity contribution in [3.05, 3.63) is 35.5 Å². The first-order valence-corrected chi connectivity index (χ1v) is 7.15. The summed E-state index contributed by atoms with van der Waals surface area (Å²) in [5.74, 6) is 0.761. The molecule has 0 atom stereocenters. The van der Waals surface area contributed by atoms with Crippen molar-refractivity contribution in [2.75, 3.05) is 20.6 Å². The standard InChI is InChI=1S/C12H10N2.C4H11N.C2H2/c13-6-8-1-4-10-11(9-2-3-9)7-14-12(10)5-8;1-4-5(2)3;1-2/h1,4-5,7,9,14H,2-3H2;4H2,1-3H3;1-2H. The van der Waals surface area contributed by atoms with Gasteiger partial charge in [0.05, 0.1) is 11.6 Å². The summed E-state index contributed by atoms with van der Waals surface area (Å²) in [7, 11) is 4.11. The Kier molecular flexibility index (Phi) is 6.53. The summed E-state index contributed by atoms with van der Waals surface area (Å²) in [5.41, 5.74) is 3.23. The number of benzene rings is 1. The van der Waals surface area contributed by atoms with Gasteiger partial charge in [-0.3, -0.25) is 0 Å². The average molecular weight is 281 g/mol. The monoisotopic (exact) mass is 281 g/mol. The molecule has 1 fully saturated rings. The highest BCUT2D eigenvalue weighted by Gasteiger charge is 2.25. The van der Waals surface area contributed by atoms with Crippen molar-refractivity contribution >= 4 is 10.9 Å². The van der Waals surface area contributed by atoms with Crippen molar-refractivity contribution < 1.29 is 0 Å². The van der Waals surface area contributed by atoms with Gasteiger partial charge in [0, 0.05) is 17.1 Å². The van der Waals surface area contributed by atoms with Crippen LogP contribution in [0.4, 0.5) is 0 Å². The maximum atomic E-state index is 8.76. The summed E-state index contributed by atoms with van der Waals surface area (Å²) >= 11 is 0. The minimum absolute atomic E-state index is 0.724. The minimum atomic E-state index is 0.724. The quantitative estimate of drug-likeness (QED) is 0.852. The molecule has 3 heteroatoms. The number of fused-ring (bicyclic) bond motifs is 1. The van der Waals surface area contributed by atoms with E-state index in [1.54, 1.807) is 0 Å². The Balaban J connectivity index is 0.000000272. The van der Waals surface area contributed by atoms with Gasteiger partial charge in [-0.05, 0) is 57.1 Å². The number of aromatic amines is 1. The predicted molar refractivity (Wildman–Crippen MR) is 89.1 cm³/mol.